The SMILES string of the molecule is COc1cccc(C[C@H](NC(=O)c2cccc(C(F)(F)F)c2)C(N)=O)c1. The number of carbonyl (C=O) groups excluding carboxylic acids is 2. The summed E-state index contributed by atoms with van der Waals surface area (Å²) in [5, 5.41) is 2.38. The lowest BCUT2D eigenvalue weighted by atomic mass is 10.0. The Balaban J connectivity index is 2.17. The predicted octanol–water partition coefficient (Wildman–Crippen LogP) is 2.54. The van der Waals surface area contributed by atoms with E-state index in [0.717, 1.165) is 18.2 Å². The lowest BCUT2D eigenvalue weighted by Crippen LogP contribution is -2.45. The van der Waals surface area contributed by atoms with E-state index in [0.29, 0.717) is 11.3 Å². The van der Waals surface area contributed by atoms with E-state index in [1.165, 1.54) is 13.2 Å². The number of rotatable bonds is 6. The molecule has 0 radical (unpaired) electrons. The fourth-order valence-corrected chi connectivity index (χ4v) is 2.34. The van der Waals surface area contributed by atoms with Crippen LogP contribution in [-0.2, 0) is 17.4 Å². The van der Waals surface area contributed by atoms with Gasteiger partial charge in [0, 0.05) is 12.0 Å². The van der Waals surface area contributed by atoms with E-state index in [1.54, 1.807) is 24.3 Å². The zero-order valence-electron chi connectivity index (χ0n) is 13.8. The van der Waals surface area contributed by atoms with Crippen LogP contribution in [0.1, 0.15) is 21.5 Å². The van der Waals surface area contributed by atoms with Crippen LogP contribution in [0.2, 0.25) is 0 Å². The lowest BCUT2D eigenvalue weighted by molar-refractivity contribution is -0.137. The Morgan fingerprint density at radius 2 is 1.85 bits per heavy atom. The molecule has 26 heavy (non-hydrogen) atoms. The van der Waals surface area contributed by atoms with Crippen LogP contribution in [0.4, 0.5) is 13.2 Å². The number of nitrogens with two attached hydrogens (primary N) is 1. The highest BCUT2D eigenvalue weighted by Gasteiger charge is 2.31. The van der Waals surface area contributed by atoms with Crippen LogP contribution in [0.3, 0.4) is 0 Å². The number of methoxy groups -OCH3 is 1. The lowest BCUT2D eigenvalue weighted by Gasteiger charge is -2.16. The fourth-order valence-electron chi connectivity index (χ4n) is 2.34. The van der Waals surface area contributed by atoms with Crippen molar-refractivity contribution in [3.05, 3.63) is 65.2 Å². The molecule has 0 aliphatic rings. The van der Waals surface area contributed by atoms with Crippen LogP contribution in [0.25, 0.3) is 0 Å². The Morgan fingerprint density at radius 3 is 2.46 bits per heavy atom. The highest BCUT2D eigenvalue weighted by molar-refractivity contribution is 5.97. The van der Waals surface area contributed by atoms with E-state index in [-0.39, 0.29) is 12.0 Å². The molecule has 2 amide bonds. The second-order valence-electron chi connectivity index (χ2n) is 5.56. The predicted molar refractivity (Wildman–Crippen MR) is 88.6 cm³/mol. The monoisotopic (exact) mass is 366 g/mol. The topological polar surface area (TPSA) is 81.4 Å². The maximum absolute atomic E-state index is 12.8. The first kappa shape index (κ1) is 19.3. The summed E-state index contributed by atoms with van der Waals surface area (Å²) in [7, 11) is 1.49. The third-order valence-corrected chi connectivity index (χ3v) is 3.67. The van der Waals surface area contributed by atoms with Crippen LogP contribution in [-0.4, -0.2) is 25.0 Å². The van der Waals surface area contributed by atoms with Gasteiger partial charge in [-0.1, -0.05) is 18.2 Å². The third kappa shape index (κ3) is 4.98. The summed E-state index contributed by atoms with van der Waals surface area (Å²) < 4.78 is 43.4. The van der Waals surface area contributed by atoms with Crippen molar-refractivity contribution in [2.45, 2.75) is 18.6 Å². The van der Waals surface area contributed by atoms with E-state index in [9.17, 15) is 22.8 Å². The maximum atomic E-state index is 12.8. The number of ether oxygens (including phenoxy) is 1. The van der Waals surface area contributed by atoms with Gasteiger partial charge in [0.05, 0.1) is 12.7 Å². The minimum atomic E-state index is -4.57. The van der Waals surface area contributed by atoms with Gasteiger partial charge in [0.1, 0.15) is 11.8 Å². The van der Waals surface area contributed by atoms with Gasteiger partial charge in [-0.25, -0.2) is 0 Å². The van der Waals surface area contributed by atoms with Gasteiger partial charge in [-0.05, 0) is 35.9 Å². The normalized spacial score (nSPS) is 12.3. The molecular weight excluding hydrogens is 349 g/mol. The van der Waals surface area contributed by atoms with Crippen LogP contribution in [0.15, 0.2) is 48.5 Å². The van der Waals surface area contributed by atoms with Crippen molar-refractivity contribution in [1.82, 2.24) is 5.32 Å². The van der Waals surface area contributed by atoms with Crippen molar-refractivity contribution >= 4 is 11.8 Å². The molecule has 138 valence electrons. The molecule has 0 unspecified atom stereocenters. The Hall–Kier alpha value is -3.03. The van der Waals surface area contributed by atoms with Gasteiger partial charge in [0.25, 0.3) is 5.91 Å². The third-order valence-electron chi connectivity index (χ3n) is 3.67. The van der Waals surface area contributed by atoms with Crippen LogP contribution < -0.4 is 15.8 Å². The molecule has 0 aromatic heterocycles. The summed E-state index contributed by atoms with van der Waals surface area (Å²) in [6.45, 7) is 0. The minimum absolute atomic E-state index is 0.0806. The van der Waals surface area contributed by atoms with Gasteiger partial charge in [0.2, 0.25) is 5.91 Å². The molecule has 2 aromatic carbocycles. The van der Waals surface area contributed by atoms with Gasteiger partial charge in [-0.2, -0.15) is 13.2 Å². The minimum Gasteiger partial charge on any atom is -0.497 e. The van der Waals surface area contributed by atoms with E-state index < -0.39 is 29.6 Å². The van der Waals surface area contributed by atoms with Crippen molar-refractivity contribution in [2.75, 3.05) is 7.11 Å². The number of halogens is 3. The first-order valence-corrected chi connectivity index (χ1v) is 7.61. The molecule has 2 aromatic rings. The Kier molecular flexibility index (Phi) is 5.86. The molecule has 0 bridgehead atoms. The molecule has 0 aliphatic heterocycles. The molecule has 5 nitrogen and oxygen atoms in total. The van der Waals surface area contributed by atoms with Crippen LogP contribution in [0, 0.1) is 0 Å². The molecular formula is C18H17F3N2O3. The molecule has 0 saturated carbocycles. The van der Waals surface area contributed by atoms with Crippen molar-refractivity contribution in [3.63, 3.8) is 0 Å². The molecule has 2 rings (SSSR count). The highest BCUT2D eigenvalue weighted by Crippen LogP contribution is 2.29. The van der Waals surface area contributed by atoms with Crippen LogP contribution in [0.5, 0.6) is 5.75 Å². The van der Waals surface area contributed by atoms with Gasteiger partial charge < -0.3 is 15.8 Å². The smallest absolute Gasteiger partial charge is 0.416 e. The molecule has 0 saturated heterocycles. The summed E-state index contributed by atoms with van der Waals surface area (Å²) in [4.78, 5) is 23.9. The van der Waals surface area contributed by atoms with E-state index >= 15 is 0 Å². The second kappa shape index (κ2) is 7.90. The van der Waals surface area contributed by atoms with Gasteiger partial charge >= 0.3 is 6.18 Å². The number of alkyl halides is 3. The summed E-state index contributed by atoms with van der Waals surface area (Å²) in [6.07, 6.45) is -4.49. The van der Waals surface area contributed by atoms with Crippen molar-refractivity contribution in [1.29, 1.82) is 0 Å². The maximum Gasteiger partial charge on any atom is 0.416 e. The van der Waals surface area contributed by atoms with Crippen molar-refractivity contribution in [2.24, 2.45) is 5.73 Å². The van der Waals surface area contributed by atoms with Gasteiger partial charge in [0.15, 0.2) is 0 Å². The fraction of sp³-hybridized carbons (Fsp3) is 0.222. The van der Waals surface area contributed by atoms with E-state index in [4.69, 9.17) is 10.5 Å². The van der Waals surface area contributed by atoms with Gasteiger partial charge in [-0.3, -0.25) is 9.59 Å². The first-order chi connectivity index (χ1) is 12.2. The van der Waals surface area contributed by atoms with Crippen molar-refractivity contribution in [3.8, 4) is 5.75 Å². The van der Waals surface area contributed by atoms with Gasteiger partial charge in [-0.15, -0.1) is 0 Å². The van der Waals surface area contributed by atoms with E-state index in [2.05, 4.69) is 5.32 Å². The zero-order valence-corrected chi connectivity index (χ0v) is 13.8. The molecule has 1 atom stereocenters. The molecule has 3 N–H and O–H groups in total. The molecule has 0 fully saturated rings. The summed E-state index contributed by atoms with van der Waals surface area (Å²) in [6, 6.07) is 9.67. The average Bonchev–Trinajstić information content (AvgIpc) is 2.60. The number of amides is 2. The number of primary amides is 1. The summed E-state index contributed by atoms with van der Waals surface area (Å²) in [5.41, 5.74) is 4.83. The number of hydrogen-bond donors (Lipinski definition) is 2. The summed E-state index contributed by atoms with van der Waals surface area (Å²) >= 11 is 0. The summed E-state index contributed by atoms with van der Waals surface area (Å²) in [5.74, 6) is -1.05. The first-order valence-electron chi connectivity index (χ1n) is 7.61. The average molecular weight is 366 g/mol. The largest absolute Gasteiger partial charge is 0.497 e. The second-order valence-corrected chi connectivity index (χ2v) is 5.56. The Bertz CT molecular complexity index is 806. The number of benzene rings is 2. The molecule has 0 spiro atoms. The Morgan fingerprint density at radius 1 is 1.15 bits per heavy atom. The molecule has 0 heterocycles. The quantitative estimate of drug-likeness (QED) is 0.824. The number of carbonyl (C=O) groups is 2. The Labute approximate surface area is 148 Å². The van der Waals surface area contributed by atoms with Crippen LogP contribution >= 0.6 is 0 Å². The van der Waals surface area contributed by atoms with E-state index in [1.807, 2.05) is 0 Å². The van der Waals surface area contributed by atoms with Crippen molar-refractivity contribution < 1.29 is 27.5 Å². The number of nitrogens with one attached hydrogen (secondary N) is 1. The zero-order chi connectivity index (χ0) is 19.3. The number of hydrogen-bond acceptors (Lipinski definition) is 3. The molecule has 8 heteroatoms. The highest BCUT2D eigenvalue weighted by atomic mass is 19.4. The standard InChI is InChI=1S/C18H17F3N2O3/c1-26-14-7-2-4-11(8-14)9-15(16(22)24)23-17(25)12-5-3-6-13(10-12)18(19,20)21/h2-8,10,15H,9H2,1H3,(H2,22,24)(H,23,25)/t15-/m0/s1. The molecule has 0 aliphatic carbocycles.